The number of amides is 1. The molecule has 1 aromatic carbocycles. The fourth-order valence-corrected chi connectivity index (χ4v) is 3.86. The third kappa shape index (κ3) is 3.60. The lowest BCUT2D eigenvalue weighted by atomic mass is 10.2. The molecule has 1 N–H and O–H groups in total. The molecule has 5 rings (SSSR count). The zero-order valence-corrected chi connectivity index (χ0v) is 16.4. The summed E-state index contributed by atoms with van der Waals surface area (Å²) in [6, 6.07) is 5.78. The standard InChI is InChI=1S/C21H22FN5O3/c22-14-5-7-15(8-6-14)27-20-17(11-24-27)19(13-3-4-13)25-26(21(20)29)12-18(28)23-10-16-2-1-9-30-16/h5-8,11,13,16H,1-4,9-10,12H2,(H,23,28)/t16-/m1/s1. The van der Waals surface area contributed by atoms with Crippen LogP contribution in [0.25, 0.3) is 16.6 Å². The van der Waals surface area contributed by atoms with Gasteiger partial charge in [0.2, 0.25) is 5.91 Å². The first-order valence-electron chi connectivity index (χ1n) is 10.2. The molecule has 1 amide bonds. The van der Waals surface area contributed by atoms with E-state index < -0.39 is 5.56 Å². The molecule has 1 atom stereocenters. The van der Waals surface area contributed by atoms with E-state index in [1.54, 1.807) is 18.3 Å². The first-order valence-corrected chi connectivity index (χ1v) is 10.2. The summed E-state index contributed by atoms with van der Waals surface area (Å²) in [5, 5.41) is 12.4. The van der Waals surface area contributed by atoms with Crippen molar-refractivity contribution in [2.45, 2.75) is 44.2 Å². The van der Waals surface area contributed by atoms with Crippen LogP contribution in [0.3, 0.4) is 0 Å². The van der Waals surface area contributed by atoms with Gasteiger partial charge in [-0.3, -0.25) is 9.59 Å². The van der Waals surface area contributed by atoms with Crippen molar-refractivity contribution in [1.82, 2.24) is 24.9 Å². The van der Waals surface area contributed by atoms with E-state index in [1.165, 1.54) is 21.5 Å². The molecule has 1 saturated carbocycles. The quantitative estimate of drug-likeness (QED) is 0.669. The molecule has 9 heteroatoms. The molecule has 3 heterocycles. The number of rotatable bonds is 6. The second kappa shape index (κ2) is 7.64. The highest BCUT2D eigenvalue weighted by atomic mass is 19.1. The Morgan fingerprint density at radius 3 is 2.73 bits per heavy atom. The summed E-state index contributed by atoms with van der Waals surface area (Å²) in [4.78, 5) is 25.7. The Kier molecular flexibility index (Phi) is 4.82. The third-order valence-corrected chi connectivity index (χ3v) is 5.59. The lowest BCUT2D eigenvalue weighted by Crippen LogP contribution is -2.38. The van der Waals surface area contributed by atoms with Crippen LogP contribution >= 0.6 is 0 Å². The van der Waals surface area contributed by atoms with E-state index in [2.05, 4.69) is 15.5 Å². The average Bonchev–Trinajstić information content (AvgIpc) is 3.26. The number of hydrogen-bond acceptors (Lipinski definition) is 5. The van der Waals surface area contributed by atoms with Crippen LogP contribution in [0.1, 0.15) is 37.3 Å². The summed E-state index contributed by atoms with van der Waals surface area (Å²) in [5.41, 5.74) is 1.31. The topological polar surface area (TPSA) is 91.0 Å². The van der Waals surface area contributed by atoms with Crippen molar-refractivity contribution in [2.75, 3.05) is 13.2 Å². The van der Waals surface area contributed by atoms with Crippen molar-refractivity contribution in [3.8, 4) is 5.69 Å². The molecule has 1 aliphatic heterocycles. The zero-order valence-electron chi connectivity index (χ0n) is 16.4. The molecule has 3 aromatic rings. The summed E-state index contributed by atoms with van der Waals surface area (Å²) in [5.74, 6) is -0.384. The SMILES string of the molecule is O=C(Cn1nc(C2CC2)c2cnn(-c3ccc(F)cc3)c2c1=O)NC[C@H]1CCCO1. The maximum Gasteiger partial charge on any atom is 0.293 e. The van der Waals surface area contributed by atoms with Gasteiger partial charge in [-0.1, -0.05) is 0 Å². The van der Waals surface area contributed by atoms with E-state index in [1.807, 2.05) is 0 Å². The summed E-state index contributed by atoms with van der Waals surface area (Å²) in [6.45, 7) is 0.977. The molecule has 0 unspecified atom stereocenters. The van der Waals surface area contributed by atoms with Crippen LogP contribution < -0.4 is 10.9 Å². The molecule has 8 nitrogen and oxygen atoms in total. The van der Waals surface area contributed by atoms with Crippen LogP contribution in [0.2, 0.25) is 0 Å². The highest BCUT2D eigenvalue weighted by Gasteiger charge is 2.30. The summed E-state index contributed by atoms with van der Waals surface area (Å²) < 4.78 is 21.6. The second-order valence-electron chi connectivity index (χ2n) is 7.86. The number of nitrogens with zero attached hydrogens (tertiary/aromatic N) is 4. The number of fused-ring (bicyclic) bond motifs is 1. The number of nitrogens with one attached hydrogen (secondary N) is 1. The lowest BCUT2D eigenvalue weighted by Gasteiger charge is -2.12. The number of halogens is 1. The smallest absolute Gasteiger partial charge is 0.293 e. The fraction of sp³-hybridized carbons (Fsp3) is 0.429. The molecule has 2 aliphatic rings. The van der Waals surface area contributed by atoms with Crippen molar-refractivity contribution in [1.29, 1.82) is 0 Å². The van der Waals surface area contributed by atoms with Gasteiger partial charge in [0.05, 0.1) is 23.7 Å². The number of carbonyl (C=O) groups excluding carboxylic acids is 1. The van der Waals surface area contributed by atoms with E-state index in [-0.39, 0.29) is 30.3 Å². The van der Waals surface area contributed by atoms with E-state index in [0.29, 0.717) is 23.1 Å². The molecule has 0 spiro atoms. The Hall–Kier alpha value is -3.07. The number of aromatic nitrogens is 4. The lowest BCUT2D eigenvalue weighted by molar-refractivity contribution is -0.122. The van der Waals surface area contributed by atoms with Crippen LogP contribution in [0.15, 0.2) is 35.3 Å². The van der Waals surface area contributed by atoms with E-state index >= 15 is 0 Å². The van der Waals surface area contributed by atoms with Gasteiger partial charge in [0.1, 0.15) is 17.9 Å². The monoisotopic (exact) mass is 411 g/mol. The predicted molar refractivity (Wildman–Crippen MR) is 107 cm³/mol. The van der Waals surface area contributed by atoms with Gasteiger partial charge < -0.3 is 10.1 Å². The van der Waals surface area contributed by atoms with Crippen molar-refractivity contribution in [3.05, 3.63) is 52.3 Å². The maximum atomic E-state index is 13.3. The number of ether oxygens (including phenoxy) is 1. The molecule has 1 saturated heterocycles. The zero-order chi connectivity index (χ0) is 20.7. The van der Waals surface area contributed by atoms with Crippen LogP contribution in [0, 0.1) is 5.82 Å². The van der Waals surface area contributed by atoms with Gasteiger partial charge in [0.15, 0.2) is 0 Å². The van der Waals surface area contributed by atoms with Gasteiger partial charge >= 0.3 is 0 Å². The van der Waals surface area contributed by atoms with Gasteiger partial charge in [-0.05, 0) is 49.9 Å². The third-order valence-electron chi connectivity index (χ3n) is 5.59. The molecular weight excluding hydrogens is 389 g/mol. The van der Waals surface area contributed by atoms with Gasteiger partial charge in [0.25, 0.3) is 5.56 Å². The normalized spacial score (nSPS) is 18.8. The summed E-state index contributed by atoms with van der Waals surface area (Å²) in [6.07, 6.45) is 5.56. The Morgan fingerprint density at radius 2 is 2.03 bits per heavy atom. The molecular formula is C21H22FN5O3. The second-order valence-corrected chi connectivity index (χ2v) is 7.86. The molecule has 0 radical (unpaired) electrons. The minimum atomic E-state index is -0.400. The van der Waals surface area contributed by atoms with Gasteiger partial charge in [0, 0.05) is 24.5 Å². The highest BCUT2D eigenvalue weighted by molar-refractivity contribution is 5.83. The molecule has 30 heavy (non-hydrogen) atoms. The van der Waals surface area contributed by atoms with E-state index in [9.17, 15) is 14.0 Å². The average molecular weight is 411 g/mol. The van der Waals surface area contributed by atoms with Crippen molar-refractivity contribution in [3.63, 3.8) is 0 Å². The minimum Gasteiger partial charge on any atom is -0.376 e. The Balaban J connectivity index is 1.49. The van der Waals surface area contributed by atoms with Crippen molar-refractivity contribution >= 4 is 16.8 Å². The molecule has 2 fully saturated rings. The molecule has 156 valence electrons. The van der Waals surface area contributed by atoms with Crippen molar-refractivity contribution < 1.29 is 13.9 Å². The largest absolute Gasteiger partial charge is 0.376 e. The molecule has 0 bridgehead atoms. The van der Waals surface area contributed by atoms with Gasteiger partial charge in [-0.2, -0.15) is 10.2 Å². The summed E-state index contributed by atoms with van der Waals surface area (Å²) >= 11 is 0. The van der Waals surface area contributed by atoms with Gasteiger partial charge in [-0.25, -0.2) is 13.8 Å². The van der Waals surface area contributed by atoms with Crippen LogP contribution in [-0.4, -0.2) is 44.7 Å². The molecule has 2 aromatic heterocycles. The predicted octanol–water partition coefficient (Wildman–Crippen LogP) is 1.89. The number of carbonyl (C=O) groups is 1. The Morgan fingerprint density at radius 1 is 1.23 bits per heavy atom. The van der Waals surface area contributed by atoms with Crippen LogP contribution in [0.5, 0.6) is 0 Å². The summed E-state index contributed by atoms with van der Waals surface area (Å²) in [7, 11) is 0. The molecule has 1 aliphatic carbocycles. The van der Waals surface area contributed by atoms with E-state index in [0.717, 1.165) is 38.0 Å². The van der Waals surface area contributed by atoms with Crippen LogP contribution in [-0.2, 0) is 16.1 Å². The van der Waals surface area contributed by atoms with Gasteiger partial charge in [-0.15, -0.1) is 0 Å². The van der Waals surface area contributed by atoms with Crippen LogP contribution in [0.4, 0.5) is 4.39 Å². The minimum absolute atomic E-state index is 0.0306. The first-order chi connectivity index (χ1) is 14.6. The van der Waals surface area contributed by atoms with E-state index in [4.69, 9.17) is 4.74 Å². The Labute approximate surface area is 171 Å². The highest BCUT2D eigenvalue weighted by Crippen LogP contribution is 2.41. The maximum absolute atomic E-state index is 13.3. The number of benzene rings is 1. The Bertz CT molecular complexity index is 1140. The first kappa shape index (κ1) is 18.9. The fourth-order valence-electron chi connectivity index (χ4n) is 3.86. The van der Waals surface area contributed by atoms with Crippen molar-refractivity contribution in [2.24, 2.45) is 0 Å². The number of hydrogen-bond donors (Lipinski definition) is 1.